The molecule has 20 heavy (non-hydrogen) atoms. The van der Waals surface area contributed by atoms with E-state index in [4.69, 9.17) is 0 Å². The molecule has 3 rings (SSSR count). The van der Waals surface area contributed by atoms with Crippen molar-refractivity contribution in [3.05, 3.63) is 45.8 Å². The molecule has 5 nitrogen and oxygen atoms in total. The average molecular weight is 302 g/mol. The molecule has 1 fully saturated rings. The van der Waals surface area contributed by atoms with Crippen LogP contribution in [0.5, 0.6) is 0 Å². The molecule has 7 heteroatoms. The second-order valence-electron chi connectivity index (χ2n) is 4.15. The number of aromatic nitrogens is 2. The third kappa shape index (κ3) is 2.94. The molecule has 1 aliphatic rings. The molecule has 0 bridgehead atoms. The van der Waals surface area contributed by atoms with Crippen LogP contribution in [0.2, 0.25) is 0 Å². The van der Waals surface area contributed by atoms with E-state index in [-0.39, 0.29) is 5.91 Å². The topological polar surface area (TPSA) is 67.2 Å². The van der Waals surface area contributed by atoms with Crippen molar-refractivity contribution >= 4 is 46.1 Å². The van der Waals surface area contributed by atoms with Gasteiger partial charge in [-0.25, -0.2) is 4.99 Å². The fourth-order valence-corrected chi connectivity index (χ4v) is 2.90. The lowest BCUT2D eigenvalue weighted by molar-refractivity contribution is -0.115. The van der Waals surface area contributed by atoms with Crippen LogP contribution in [0.1, 0.15) is 11.3 Å². The van der Waals surface area contributed by atoms with Crippen molar-refractivity contribution in [2.24, 2.45) is 4.99 Å². The Morgan fingerprint density at radius 1 is 1.40 bits per heavy atom. The van der Waals surface area contributed by atoms with Gasteiger partial charge in [-0.15, -0.1) is 5.10 Å². The maximum Gasteiger partial charge on any atom is 0.264 e. The number of amidine groups is 1. The summed E-state index contributed by atoms with van der Waals surface area (Å²) in [6.45, 7) is 2.00. The Hall–Kier alpha value is -1.99. The monoisotopic (exact) mass is 302 g/mol. The van der Waals surface area contributed by atoms with E-state index >= 15 is 0 Å². The van der Waals surface area contributed by atoms with Crippen LogP contribution >= 0.6 is 23.3 Å². The van der Waals surface area contributed by atoms with Gasteiger partial charge in [-0.2, -0.15) is 0 Å². The smallest absolute Gasteiger partial charge is 0.264 e. The molecule has 100 valence electrons. The van der Waals surface area contributed by atoms with Gasteiger partial charge < -0.3 is 5.32 Å². The van der Waals surface area contributed by atoms with Crippen LogP contribution in [-0.4, -0.2) is 20.7 Å². The summed E-state index contributed by atoms with van der Waals surface area (Å²) in [5, 5.41) is 9.01. The SMILES string of the molecule is Cc1cccc(N=C2NC(=O)/C(=C\c3csnn3)S2)c1. The number of nitrogens with zero attached hydrogens (tertiary/aromatic N) is 3. The molecule has 1 aromatic carbocycles. The van der Waals surface area contributed by atoms with Crippen LogP contribution in [0.3, 0.4) is 0 Å². The van der Waals surface area contributed by atoms with Crippen LogP contribution in [0.25, 0.3) is 6.08 Å². The number of aliphatic imine (C=N–C) groups is 1. The summed E-state index contributed by atoms with van der Waals surface area (Å²) in [6.07, 6.45) is 1.71. The van der Waals surface area contributed by atoms with Gasteiger partial charge in [0.25, 0.3) is 5.91 Å². The molecule has 1 N–H and O–H groups in total. The van der Waals surface area contributed by atoms with Gasteiger partial charge >= 0.3 is 0 Å². The zero-order chi connectivity index (χ0) is 13.9. The van der Waals surface area contributed by atoms with Crippen LogP contribution < -0.4 is 5.32 Å². The minimum Gasteiger partial charge on any atom is -0.300 e. The number of amides is 1. The van der Waals surface area contributed by atoms with E-state index < -0.39 is 0 Å². The third-order valence-electron chi connectivity index (χ3n) is 2.54. The number of hydrogen-bond donors (Lipinski definition) is 1. The number of nitrogens with one attached hydrogen (secondary N) is 1. The second-order valence-corrected chi connectivity index (χ2v) is 5.79. The number of thioether (sulfide) groups is 1. The van der Waals surface area contributed by atoms with Gasteiger partial charge in [-0.05, 0) is 54.0 Å². The van der Waals surface area contributed by atoms with Gasteiger partial charge in [0.1, 0.15) is 0 Å². The average Bonchev–Trinajstić information content (AvgIpc) is 3.01. The first-order chi connectivity index (χ1) is 9.70. The molecule has 0 radical (unpaired) electrons. The quantitative estimate of drug-likeness (QED) is 0.866. The van der Waals surface area contributed by atoms with E-state index in [1.54, 1.807) is 11.5 Å². The van der Waals surface area contributed by atoms with Crippen molar-refractivity contribution in [1.82, 2.24) is 14.9 Å². The highest BCUT2D eigenvalue weighted by Crippen LogP contribution is 2.27. The van der Waals surface area contributed by atoms with Crippen molar-refractivity contribution in [2.45, 2.75) is 6.92 Å². The summed E-state index contributed by atoms with van der Waals surface area (Å²) in [5.74, 6) is -0.158. The molecule has 0 atom stereocenters. The number of aryl methyl sites for hydroxylation is 1. The predicted molar refractivity (Wildman–Crippen MR) is 81.9 cm³/mol. The van der Waals surface area contributed by atoms with E-state index in [1.807, 2.05) is 31.2 Å². The minimum atomic E-state index is -0.158. The Balaban J connectivity index is 1.83. The first-order valence-electron chi connectivity index (χ1n) is 5.84. The fraction of sp³-hybridized carbons (Fsp3) is 0.0769. The Bertz CT molecular complexity index is 707. The molecule has 2 aromatic rings. The lowest BCUT2D eigenvalue weighted by Crippen LogP contribution is -2.19. The summed E-state index contributed by atoms with van der Waals surface area (Å²) in [4.78, 5) is 16.8. The number of rotatable bonds is 2. The Kier molecular flexibility index (Phi) is 3.62. The van der Waals surface area contributed by atoms with Crippen molar-refractivity contribution < 1.29 is 4.79 Å². The fourth-order valence-electron chi connectivity index (χ4n) is 1.66. The molecule has 0 spiro atoms. The Morgan fingerprint density at radius 2 is 2.30 bits per heavy atom. The third-order valence-corrected chi connectivity index (χ3v) is 3.97. The maximum absolute atomic E-state index is 11.8. The van der Waals surface area contributed by atoms with E-state index in [0.717, 1.165) is 11.3 Å². The van der Waals surface area contributed by atoms with Gasteiger partial charge in [-0.3, -0.25) is 4.79 Å². The maximum atomic E-state index is 11.8. The molecule has 1 aliphatic heterocycles. The number of benzene rings is 1. The van der Waals surface area contributed by atoms with E-state index in [9.17, 15) is 4.79 Å². The van der Waals surface area contributed by atoms with Crippen LogP contribution in [-0.2, 0) is 4.79 Å². The first kappa shape index (κ1) is 13.0. The van der Waals surface area contributed by atoms with E-state index in [1.165, 1.54) is 23.3 Å². The van der Waals surface area contributed by atoms with Crippen LogP contribution in [0.4, 0.5) is 5.69 Å². The largest absolute Gasteiger partial charge is 0.300 e. The molecular weight excluding hydrogens is 292 g/mol. The summed E-state index contributed by atoms with van der Waals surface area (Å²) < 4.78 is 3.76. The number of hydrogen-bond acceptors (Lipinski definition) is 6. The molecule has 0 saturated carbocycles. The van der Waals surface area contributed by atoms with Gasteiger partial charge in [0.2, 0.25) is 0 Å². The molecular formula is C13H10N4OS2. The Morgan fingerprint density at radius 3 is 3.05 bits per heavy atom. The summed E-state index contributed by atoms with van der Waals surface area (Å²) in [7, 11) is 0. The number of carbonyl (C=O) groups is 1. The van der Waals surface area contributed by atoms with Gasteiger partial charge in [0.05, 0.1) is 16.3 Å². The molecule has 2 heterocycles. The number of carbonyl (C=O) groups excluding carboxylic acids is 1. The van der Waals surface area contributed by atoms with Crippen LogP contribution in [0, 0.1) is 6.92 Å². The predicted octanol–water partition coefficient (Wildman–Crippen LogP) is 2.74. The lowest BCUT2D eigenvalue weighted by atomic mass is 10.2. The summed E-state index contributed by atoms with van der Waals surface area (Å²) in [6, 6.07) is 7.81. The normalized spacial score (nSPS) is 18.8. The lowest BCUT2D eigenvalue weighted by Gasteiger charge is -1.97. The molecule has 1 aromatic heterocycles. The second kappa shape index (κ2) is 5.56. The van der Waals surface area contributed by atoms with Crippen molar-refractivity contribution in [3.63, 3.8) is 0 Å². The van der Waals surface area contributed by atoms with Crippen molar-refractivity contribution in [3.8, 4) is 0 Å². The van der Waals surface area contributed by atoms with E-state index in [2.05, 4.69) is 19.9 Å². The highest BCUT2D eigenvalue weighted by Gasteiger charge is 2.24. The first-order valence-corrected chi connectivity index (χ1v) is 7.49. The highest BCUT2D eigenvalue weighted by molar-refractivity contribution is 8.18. The van der Waals surface area contributed by atoms with Gasteiger partial charge in [-0.1, -0.05) is 16.6 Å². The van der Waals surface area contributed by atoms with E-state index in [0.29, 0.717) is 15.8 Å². The molecule has 0 aliphatic carbocycles. The summed E-state index contributed by atoms with van der Waals surface area (Å²) >= 11 is 2.56. The van der Waals surface area contributed by atoms with Crippen molar-refractivity contribution in [1.29, 1.82) is 0 Å². The highest BCUT2D eigenvalue weighted by atomic mass is 32.2. The van der Waals surface area contributed by atoms with Crippen molar-refractivity contribution in [2.75, 3.05) is 0 Å². The minimum absolute atomic E-state index is 0.158. The van der Waals surface area contributed by atoms with Crippen LogP contribution in [0.15, 0.2) is 39.5 Å². The standard InChI is InChI=1S/C13H10N4OS2/c1-8-3-2-4-9(5-8)14-13-15-12(18)11(20-13)6-10-7-19-17-16-10/h2-7H,1H3,(H,14,15,18)/b11-6+. The molecule has 1 saturated heterocycles. The molecule has 1 amide bonds. The van der Waals surface area contributed by atoms with Gasteiger partial charge in [0, 0.05) is 5.38 Å². The Labute approximate surface area is 124 Å². The zero-order valence-corrected chi connectivity index (χ0v) is 12.2. The summed E-state index contributed by atoms with van der Waals surface area (Å²) in [5.41, 5.74) is 2.64. The van der Waals surface area contributed by atoms with Gasteiger partial charge in [0.15, 0.2) is 5.17 Å². The zero-order valence-electron chi connectivity index (χ0n) is 10.5. The molecule has 0 unspecified atom stereocenters.